The molecule has 3 N–H and O–H groups in total. The summed E-state index contributed by atoms with van der Waals surface area (Å²) >= 11 is 0. The highest BCUT2D eigenvalue weighted by molar-refractivity contribution is 7.89. The Balaban J connectivity index is 1.20. The minimum Gasteiger partial charge on any atom is -0.345 e. The van der Waals surface area contributed by atoms with Crippen LogP contribution in [0.5, 0.6) is 0 Å². The lowest BCUT2D eigenvalue weighted by Gasteiger charge is -2.25. The van der Waals surface area contributed by atoms with Gasteiger partial charge in [-0.25, -0.2) is 13.6 Å². The number of carbonyl (C=O) groups excluding carboxylic acids is 2. The number of hydrogen-bond donors (Lipinski definition) is 2. The molecular formula is C31H36N4O4S. The molecule has 0 bridgehead atoms. The molecule has 2 unspecified atom stereocenters. The van der Waals surface area contributed by atoms with Crippen LogP contribution in [0.4, 0.5) is 0 Å². The van der Waals surface area contributed by atoms with E-state index >= 15 is 0 Å². The highest BCUT2D eigenvalue weighted by Crippen LogP contribution is 2.33. The van der Waals surface area contributed by atoms with Crippen molar-refractivity contribution in [3.05, 3.63) is 101 Å². The SMILES string of the molecule is Cc1cccc(C)c1C(=O)N1CC2CN(CCC(NC(=O)c3ccc(S(N)(=O)=O)cc3)c3ccccc3)C[C@H]2C1. The number of primary sulfonamides is 1. The molecule has 2 heterocycles. The van der Waals surface area contributed by atoms with Crippen LogP contribution in [0.15, 0.2) is 77.7 Å². The first kappa shape index (κ1) is 28.0. The Morgan fingerprint density at radius 3 is 2.05 bits per heavy atom. The molecule has 0 aliphatic carbocycles. The fourth-order valence-electron chi connectivity index (χ4n) is 6.11. The molecule has 8 nitrogen and oxygen atoms in total. The van der Waals surface area contributed by atoms with Crippen molar-refractivity contribution >= 4 is 21.8 Å². The molecule has 0 spiro atoms. The molecule has 2 aliphatic rings. The van der Waals surface area contributed by atoms with Gasteiger partial charge in [-0.1, -0.05) is 48.5 Å². The van der Waals surface area contributed by atoms with E-state index in [2.05, 4.69) is 10.2 Å². The Hall–Kier alpha value is -3.53. The molecule has 9 heteroatoms. The summed E-state index contributed by atoms with van der Waals surface area (Å²) in [5, 5.41) is 8.31. The van der Waals surface area contributed by atoms with E-state index in [0.717, 1.165) is 61.4 Å². The molecule has 0 aromatic heterocycles. The number of likely N-dealkylation sites (tertiary alicyclic amines) is 2. The number of hydrogen-bond acceptors (Lipinski definition) is 5. The van der Waals surface area contributed by atoms with E-state index < -0.39 is 10.0 Å². The summed E-state index contributed by atoms with van der Waals surface area (Å²) in [6.45, 7) is 8.25. The highest BCUT2D eigenvalue weighted by Gasteiger charge is 2.42. The van der Waals surface area contributed by atoms with Gasteiger partial charge in [-0.05, 0) is 73.1 Å². The molecule has 2 aliphatic heterocycles. The third-order valence-electron chi connectivity index (χ3n) is 8.23. The molecule has 0 saturated carbocycles. The number of rotatable bonds is 8. The zero-order chi connectivity index (χ0) is 28.4. The first-order valence-corrected chi connectivity index (χ1v) is 15.2. The number of aryl methyl sites for hydroxylation is 2. The van der Waals surface area contributed by atoms with E-state index in [9.17, 15) is 18.0 Å². The fraction of sp³-hybridized carbons (Fsp3) is 0.355. The number of benzene rings is 3. The number of fused-ring (bicyclic) bond motifs is 1. The number of sulfonamides is 1. The van der Waals surface area contributed by atoms with Gasteiger partial charge >= 0.3 is 0 Å². The van der Waals surface area contributed by atoms with Crippen LogP contribution in [-0.4, -0.2) is 62.8 Å². The zero-order valence-corrected chi connectivity index (χ0v) is 23.7. The summed E-state index contributed by atoms with van der Waals surface area (Å²) in [5.41, 5.74) is 4.27. The van der Waals surface area contributed by atoms with Crippen LogP contribution < -0.4 is 10.5 Å². The largest absolute Gasteiger partial charge is 0.345 e. The topological polar surface area (TPSA) is 113 Å². The summed E-state index contributed by atoms with van der Waals surface area (Å²) in [6.07, 6.45) is 0.732. The Bertz CT molecular complexity index is 1460. The maximum absolute atomic E-state index is 13.3. The summed E-state index contributed by atoms with van der Waals surface area (Å²) in [7, 11) is -3.82. The predicted octanol–water partition coefficient (Wildman–Crippen LogP) is 3.52. The van der Waals surface area contributed by atoms with Crippen molar-refractivity contribution in [3.8, 4) is 0 Å². The summed E-state index contributed by atoms with van der Waals surface area (Å²) < 4.78 is 23.1. The number of nitrogens with two attached hydrogens (primary N) is 1. The molecule has 0 radical (unpaired) electrons. The van der Waals surface area contributed by atoms with Crippen molar-refractivity contribution in [1.82, 2.24) is 15.1 Å². The number of carbonyl (C=O) groups is 2. The van der Waals surface area contributed by atoms with E-state index in [4.69, 9.17) is 5.14 Å². The number of nitrogens with one attached hydrogen (secondary N) is 1. The van der Waals surface area contributed by atoms with Gasteiger partial charge in [-0.2, -0.15) is 0 Å². The second kappa shape index (κ2) is 11.5. The molecule has 210 valence electrons. The Kier molecular flexibility index (Phi) is 8.07. The number of amides is 2. The lowest BCUT2D eigenvalue weighted by atomic mass is 10.0. The maximum Gasteiger partial charge on any atom is 0.254 e. The molecule has 2 fully saturated rings. The second-order valence-corrected chi connectivity index (χ2v) is 12.6. The van der Waals surface area contributed by atoms with E-state index in [1.54, 1.807) is 0 Å². The predicted molar refractivity (Wildman–Crippen MR) is 154 cm³/mol. The molecule has 2 amide bonds. The van der Waals surface area contributed by atoms with E-state index in [1.807, 2.05) is 67.3 Å². The Labute approximate surface area is 236 Å². The van der Waals surface area contributed by atoms with Gasteiger partial charge in [-0.3, -0.25) is 9.59 Å². The Morgan fingerprint density at radius 1 is 0.875 bits per heavy atom. The van der Waals surface area contributed by atoms with Gasteiger partial charge in [0.25, 0.3) is 11.8 Å². The van der Waals surface area contributed by atoms with Gasteiger partial charge in [0.2, 0.25) is 10.0 Å². The standard InChI is InChI=1S/C31H36N4O4S/c1-21-7-6-8-22(2)29(21)31(37)35-19-25-17-34(18-26(25)20-35)16-15-28(23-9-4-3-5-10-23)33-30(36)24-11-13-27(14-12-24)40(32,38)39/h3-14,25-26,28H,15-20H2,1-2H3,(H,33,36)(H2,32,38,39)/t25-,26?,28?/m0/s1. The molecule has 3 aromatic carbocycles. The molecular weight excluding hydrogens is 524 g/mol. The van der Waals surface area contributed by atoms with Crippen LogP contribution in [0.3, 0.4) is 0 Å². The van der Waals surface area contributed by atoms with Crippen LogP contribution >= 0.6 is 0 Å². The van der Waals surface area contributed by atoms with Crippen molar-refractivity contribution in [2.75, 3.05) is 32.7 Å². The van der Waals surface area contributed by atoms with Gasteiger partial charge in [0.1, 0.15) is 0 Å². The quantitative estimate of drug-likeness (QED) is 0.438. The molecule has 3 atom stereocenters. The van der Waals surface area contributed by atoms with Crippen LogP contribution in [0.25, 0.3) is 0 Å². The van der Waals surface area contributed by atoms with Crippen molar-refractivity contribution in [1.29, 1.82) is 0 Å². The number of nitrogens with zero attached hydrogens (tertiary/aromatic N) is 2. The minimum absolute atomic E-state index is 0.0301. The average Bonchev–Trinajstić information content (AvgIpc) is 3.50. The van der Waals surface area contributed by atoms with E-state index in [0.29, 0.717) is 17.4 Å². The van der Waals surface area contributed by atoms with Crippen molar-refractivity contribution in [2.45, 2.75) is 31.2 Å². The summed E-state index contributed by atoms with van der Waals surface area (Å²) in [4.78, 5) is 30.8. The average molecular weight is 561 g/mol. The van der Waals surface area contributed by atoms with Gasteiger partial charge in [0, 0.05) is 43.9 Å². The van der Waals surface area contributed by atoms with Gasteiger partial charge < -0.3 is 15.1 Å². The zero-order valence-electron chi connectivity index (χ0n) is 22.9. The van der Waals surface area contributed by atoms with E-state index in [-0.39, 0.29) is 22.8 Å². The molecule has 3 aromatic rings. The third-order valence-corrected chi connectivity index (χ3v) is 9.16. The van der Waals surface area contributed by atoms with Crippen molar-refractivity contribution in [3.63, 3.8) is 0 Å². The smallest absolute Gasteiger partial charge is 0.254 e. The monoisotopic (exact) mass is 560 g/mol. The van der Waals surface area contributed by atoms with Crippen molar-refractivity contribution < 1.29 is 18.0 Å². The van der Waals surface area contributed by atoms with E-state index in [1.165, 1.54) is 24.3 Å². The highest BCUT2D eigenvalue weighted by atomic mass is 32.2. The summed E-state index contributed by atoms with van der Waals surface area (Å²) in [6, 6.07) is 21.3. The summed E-state index contributed by atoms with van der Waals surface area (Å²) in [5.74, 6) is 0.778. The molecule has 40 heavy (non-hydrogen) atoms. The maximum atomic E-state index is 13.3. The van der Waals surface area contributed by atoms with Crippen molar-refractivity contribution in [2.24, 2.45) is 17.0 Å². The second-order valence-electron chi connectivity index (χ2n) is 11.1. The lowest BCUT2D eigenvalue weighted by molar-refractivity contribution is 0.0772. The van der Waals surface area contributed by atoms with Crippen LogP contribution in [0.1, 0.15) is 49.9 Å². The first-order valence-electron chi connectivity index (χ1n) is 13.7. The fourth-order valence-corrected chi connectivity index (χ4v) is 6.62. The van der Waals surface area contributed by atoms with Gasteiger partial charge in [-0.15, -0.1) is 0 Å². The van der Waals surface area contributed by atoms with Gasteiger partial charge in [0.15, 0.2) is 0 Å². The first-order chi connectivity index (χ1) is 19.1. The normalized spacial score (nSPS) is 19.8. The van der Waals surface area contributed by atoms with Crippen LogP contribution in [0, 0.1) is 25.7 Å². The Morgan fingerprint density at radius 2 is 1.48 bits per heavy atom. The lowest BCUT2D eigenvalue weighted by Crippen LogP contribution is -2.35. The van der Waals surface area contributed by atoms with Crippen LogP contribution in [0.2, 0.25) is 0 Å². The van der Waals surface area contributed by atoms with Gasteiger partial charge in [0.05, 0.1) is 10.9 Å². The molecule has 2 saturated heterocycles. The molecule has 5 rings (SSSR count). The van der Waals surface area contributed by atoms with Crippen LogP contribution in [-0.2, 0) is 10.0 Å². The minimum atomic E-state index is -3.82. The third kappa shape index (κ3) is 6.11.